The Labute approximate surface area is 141 Å². The number of aromatic nitrogens is 1. The lowest BCUT2D eigenvalue weighted by atomic mass is 10.0. The van der Waals surface area contributed by atoms with Crippen molar-refractivity contribution in [1.29, 1.82) is 0 Å². The number of hydrogen-bond acceptors (Lipinski definition) is 4. The molecule has 0 radical (unpaired) electrons. The van der Waals surface area contributed by atoms with Crippen LogP contribution in [0.2, 0.25) is 0 Å². The number of nitrogens with two attached hydrogens (primary N) is 1. The quantitative estimate of drug-likeness (QED) is 0.732. The fourth-order valence-corrected chi connectivity index (χ4v) is 2.10. The second-order valence-electron chi connectivity index (χ2n) is 5.12. The van der Waals surface area contributed by atoms with Crippen LogP contribution in [-0.2, 0) is 6.54 Å². The van der Waals surface area contributed by atoms with Gasteiger partial charge >= 0.3 is 0 Å². The number of carbonyl (C=O) groups excluding carboxylic acids is 1. The highest BCUT2D eigenvalue weighted by atomic mass is 16.5. The van der Waals surface area contributed by atoms with E-state index in [0.29, 0.717) is 31.0 Å². The van der Waals surface area contributed by atoms with E-state index >= 15 is 0 Å². The molecule has 5 nitrogen and oxygen atoms in total. The second-order valence-corrected chi connectivity index (χ2v) is 5.12. The third-order valence-corrected chi connectivity index (χ3v) is 3.39. The Morgan fingerprint density at radius 2 is 2.21 bits per heavy atom. The third-order valence-electron chi connectivity index (χ3n) is 3.39. The van der Waals surface area contributed by atoms with Gasteiger partial charge in [0.2, 0.25) is 0 Å². The van der Waals surface area contributed by atoms with Crippen LogP contribution >= 0.6 is 0 Å². The van der Waals surface area contributed by atoms with Crippen molar-refractivity contribution in [1.82, 2.24) is 10.3 Å². The SMILES string of the molecule is C=CC(=C)c1ccc(C(=O)NCc2cccnc2)c(OCCN)c1. The molecule has 0 aliphatic carbocycles. The first-order valence-electron chi connectivity index (χ1n) is 7.61. The van der Waals surface area contributed by atoms with E-state index in [-0.39, 0.29) is 5.91 Å². The first-order chi connectivity index (χ1) is 11.7. The molecule has 24 heavy (non-hydrogen) atoms. The molecule has 0 saturated heterocycles. The molecule has 5 heteroatoms. The van der Waals surface area contributed by atoms with Gasteiger partial charge in [0.25, 0.3) is 5.91 Å². The maximum atomic E-state index is 12.5. The van der Waals surface area contributed by atoms with Crippen LogP contribution in [0.15, 0.2) is 62.0 Å². The lowest BCUT2D eigenvalue weighted by Gasteiger charge is -2.13. The second kappa shape index (κ2) is 8.64. The summed E-state index contributed by atoms with van der Waals surface area (Å²) in [6, 6.07) is 9.04. The van der Waals surface area contributed by atoms with Gasteiger partial charge in [-0.15, -0.1) is 0 Å². The van der Waals surface area contributed by atoms with Crippen molar-refractivity contribution < 1.29 is 9.53 Å². The first kappa shape index (κ1) is 17.4. The molecule has 2 rings (SSSR count). The maximum Gasteiger partial charge on any atom is 0.255 e. The molecule has 1 aromatic carbocycles. The molecule has 0 spiro atoms. The fourth-order valence-electron chi connectivity index (χ4n) is 2.10. The maximum absolute atomic E-state index is 12.5. The van der Waals surface area contributed by atoms with Gasteiger partial charge < -0.3 is 15.8 Å². The van der Waals surface area contributed by atoms with Crippen molar-refractivity contribution in [2.24, 2.45) is 5.73 Å². The predicted octanol–water partition coefficient (Wildman–Crippen LogP) is 2.55. The van der Waals surface area contributed by atoms with E-state index in [0.717, 1.165) is 16.7 Å². The summed E-state index contributed by atoms with van der Waals surface area (Å²) >= 11 is 0. The number of hydrogen-bond donors (Lipinski definition) is 2. The van der Waals surface area contributed by atoms with E-state index in [4.69, 9.17) is 10.5 Å². The smallest absolute Gasteiger partial charge is 0.255 e. The van der Waals surface area contributed by atoms with Crippen LogP contribution in [0.25, 0.3) is 5.57 Å². The number of pyridine rings is 1. The van der Waals surface area contributed by atoms with Gasteiger partial charge in [0.1, 0.15) is 12.4 Å². The zero-order valence-electron chi connectivity index (χ0n) is 13.5. The molecule has 0 unspecified atom stereocenters. The highest BCUT2D eigenvalue weighted by Crippen LogP contribution is 2.24. The van der Waals surface area contributed by atoms with E-state index in [2.05, 4.69) is 23.5 Å². The Balaban J connectivity index is 2.18. The van der Waals surface area contributed by atoms with Gasteiger partial charge in [-0.3, -0.25) is 9.78 Å². The van der Waals surface area contributed by atoms with E-state index in [1.165, 1.54) is 0 Å². The van der Waals surface area contributed by atoms with E-state index < -0.39 is 0 Å². The van der Waals surface area contributed by atoms with Gasteiger partial charge in [-0.25, -0.2) is 0 Å². The lowest BCUT2D eigenvalue weighted by Crippen LogP contribution is -2.24. The molecule has 0 atom stereocenters. The minimum absolute atomic E-state index is 0.221. The highest BCUT2D eigenvalue weighted by molar-refractivity contribution is 5.97. The van der Waals surface area contributed by atoms with Crippen molar-refractivity contribution in [3.63, 3.8) is 0 Å². The normalized spacial score (nSPS) is 10.0. The lowest BCUT2D eigenvalue weighted by molar-refractivity contribution is 0.0947. The van der Waals surface area contributed by atoms with E-state index in [9.17, 15) is 4.79 Å². The van der Waals surface area contributed by atoms with Crippen molar-refractivity contribution in [3.8, 4) is 5.75 Å². The zero-order chi connectivity index (χ0) is 17.4. The predicted molar refractivity (Wildman–Crippen MR) is 95.6 cm³/mol. The Kier molecular flexibility index (Phi) is 6.28. The average molecular weight is 323 g/mol. The summed E-state index contributed by atoms with van der Waals surface area (Å²) in [4.78, 5) is 16.5. The van der Waals surface area contributed by atoms with Crippen molar-refractivity contribution >= 4 is 11.5 Å². The fraction of sp³-hybridized carbons (Fsp3) is 0.158. The molecular weight excluding hydrogens is 302 g/mol. The summed E-state index contributed by atoms with van der Waals surface area (Å²) in [5.41, 5.74) is 8.48. The Bertz CT molecular complexity index is 727. The minimum Gasteiger partial charge on any atom is -0.491 e. The molecule has 1 heterocycles. The van der Waals surface area contributed by atoms with E-state index in [1.807, 2.05) is 18.2 Å². The topological polar surface area (TPSA) is 77.2 Å². The Hall–Kier alpha value is -2.92. The summed E-state index contributed by atoms with van der Waals surface area (Å²) in [5, 5.41) is 2.86. The molecule has 0 aliphatic heterocycles. The first-order valence-corrected chi connectivity index (χ1v) is 7.61. The van der Waals surface area contributed by atoms with Crippen molar-refractivity contribution in [2.75, 3.05) is 13.2 Å². The number of rotatable bonds is 8. The monoisotopic (exact) mass is 323 g/mol. The molecule has 124 valence electrons. The summed E-state index contributed by atoms with van der Waals surface area (Å²) < 4.78 is 5.62. The number of ether oxygens (including phenoxy) is 1. The number of amides is 1. The number of carbonyl (C=O) groups is 1. The molecular formula is C19H21N3O2. The van der Waals surface area contributed by atoms with Gasteiger partial charge in [0, 0.05) is 25.5 Å². The summed E-state index contributed by atoms with van der Waals surface area (Å²) in [6.45, 7) is 8.70. The summed E-state index contributed by atoms with van der Waals surface area (Å²) in [7, 11) is 0. The molecule has 0 aliphatic rings. The zero-order valence-corrected chi connectivity index (χ0v) is 13.5. The average Bonchev–Trinajstić information content (AvgIpc) is 2.64. The van der Waals surface area contributed by atoms with Gasteiger partial charge in [-0.1, -0.05) is 31.4 Å². The van der Waals surface area contributed by atoms with Gasteiger partial charge in [0.15, 0.2) is 0 Å². The molecule has 1 amide bonds. The molecule has 1 aromatic heterocycles. The van der Waals surface area contributed by atoms with Crippen LogP contribution < -0.4 is 15.8 Å². The third kappa shape index (κ3) is 4.54. The molecule has 3 N–H and O–H groups in total. The van der Waals surface area contributed by atoms with Crippen LogP contribution in [-0.4, -0.2) is 24.0 Å². The highest BCUT2D eigenvalue weighted by Gasteiger charge is 2.14. The number of allylic oxidation sites excluding steroid dienone is 2. The number of nitrogens with one attached hydrogen (secondary N) is 1. The molecule has 0 bridgehead atoms. The Morgan fingerprint density at radius 1 is 1.38 bits per heavy atom. The standard InChI is InChI=1S/C19H21N3O2/c1-3-14(2)16-6-7-17(18(11-16)24-10-8-20)19(23)22-13-15-5-4-9-21-12-15/h3-7,9,11-12H,1-2,8,10,13,20H2,(H,22,23). The van der Waals surface area contributed by atoms with Crippen molar-refractivity contribution in [3.05, 3.63) is 78.6 Å². The molecule has 2 aromatic rings. The van der Waals surface area contributed by atoms with Crippen LogP contribution in [0.3, 0.4) is 0 Å². The number of nitrogens with zero attached hydrogens (tertiary/aromatic N) is 1. The molecule has 0 saturated carbocycles. The minimum atomic E-state index is -0.221. The van der Waals surface area contributed by atoms with Gasteiger partial charge in [-0.05, 0) is 34.9 Å². The summed E-state index contributed by atoms with van der Waals surface area (Å²) in [6.07, 6.45) is 5.06. The van der Waals surface area contributed by atoms with Crippen LogP contribution in [0.5, 0.6) is 5.75 Å². The van der Waals surface area contributed by atoms with E-state index in [1.54, 1.807) is 30.6 Å². The van der Waals surface area contributed by atoms with Crippen molar-refractivity contribution in [2.45, 2.75) is 6.54 Å². The van der Waals surface area contributed by atoms with Gasteiger partial charge in [-0.2, -0.15) is 0 Å². The van der Waals surface area contributed by atoms with Crippen LogP contribution in [0.4, 0.5) is 0 Å². The number of benzene rings is 1. The largest absolute Gasteiger partial charge is 0.491 e. The van der Waals surface area contributed by atoms with Crippen LogP contribution in [0.1, 0.15) is 21.5 Å². The molecule has 0 fully saturated rings. The van der Waals surface area contributed by atoms with Crippen LogP contribution in [0, 0.1) is 0 Å². The Morgan fingerprint density at radius 3 is 2.88 bits per heavy atom. The van der Waals surface area contributed by atoms with Gasteiger partial charge in [0.05, 0.1) is 5.56 Å². The summed E-state index contributed by atoms with van der Waals surface area (Å²) in [5.74, 6) is 0.256.